The summed E-state index contributed by atoms with van der Waals surface area (Å²) in [5.74, 6) is 1.94. The number of carbonyl (C=O) groups excluding carboxylic acids is 1. The predicted molar refractivity (Wildman–Crippen MR) is 110 cm³/mol. The van der Waals surface area contributed by atoms with E-state index in [1.165, 1.54) is 42.5 Å². The fourth-order valence-corrected chi connectivity index (χ4v) is 4.99. The van der Waals surface area contributed by atoms with E-state index >= 15 is 0 Å². The average molecular weight is 361 g/mol. The Hall–Kier alpha value is -2.29. The first kappa shape index (κ1) is 16.9. The smallest absolute Gasteiger partial charge is 0.224 e. The highest BCUT2D eigenvalue weighted by atomic mass is 16.2. The van der Waals surface area contributed by atoms with Gasteiger partial charge in [0.05, 0.1) is 6.04 Å². The molecule has 2 saturated carbocycles. The van der Waals surface area contributed by atoms with E-state index in [0.29, 0.717) is 17.9 Å². The Morgan fingerprint density at radius 1 is 1.04 bits per heavy atom. The van der Waals surface area contributed by atoms with Crippen LogP contribution in [0, 0.1) is 11.8 Å². The predicted octanol–water partition coefficient (Wildman–Crippen LogP) is 5.50. The third-order valence-electron chi connectivity index (χ3n) is 6.60. The van der Waals surface area contributed by atoms with E-state index in [9.17, 15) is 4.79 Å². The fourth-order valence-electron chi connectivity index (χ4n) is 4.99. The van der Waals surface area contributed by atoms with Crippen molar-refractivity contribution in [3.63, 3.8) is 0 Å². The second-order valence-electron chi connectivity index (χ2n) is 8.66. The third kappa shape index (κ3) is 3.03. The monoisotopic (exact) mass is 360 g/mol. The van der Waals surface area contributed by atoms with E-state index in [1.54, 1.807) is 6.92 Å². The minimum Gasteiger partial charge on any atom is -0.378 e. The molecule has 1 amide bonds. The molecule has 3 nitrogen and oxygen atoms in total. The quantitative estimate of drug-likeness (QED) is 0.781. The summed E-state index contributed by atoms with van der Waals surface area (Å²) < 4.78 is 0. The maximum Gasteiger partial charge on any atom is 0.224 e. The van der Waals surface area contributed by atoms with Crippen LogP contribution in [-0.2, 0) is 4.79 Å². The molecule has 0 saturated heterocycles. The highest BCUT2D eigenvalue weighted by Gasteiger charge is 2.47. The lowest BCUT2D eigenvalue weighted by Gasteiger charge is -2.46. The van der Waals surface area contributed by atoms with Crippen LogP contribution in [0.3, 0.4) is 0 Å². The molecule has 3 aliphatic rings. The molecule has 2 fully saturated rings. The Bertz CT molecular complexity index is 868. The second kappa shape index (κ2) is 6.40. The molecule has 2 aromatic rings. The molecule has 2 aliphatic carbocycles. The topological polar surface area (TPSA) is 32.3 Å². The van der Waals surface area contributed by atoms with Gasteiger partial charge in [-0.2, -0.15) is 0 Å². The molecule has 0 spiro atoms. The maximum absolute atomic E-state index is 12.5. The van der Waals surface area contributed by atoms with E-state index in [-0.39, 0.29) is 11.9 Å². The Kier molecular flexibility index (Phi) is 3.99. The van der Waals surface area contributed by atoms with Gasteiger partial charge in [-0.1, -0.05) is 37.3 Å². The number of para-hydroxylation sites is 1. The number of fused-ring (bicyclic) bond motifs is 1. The molecule has 1 aliphatic heterocycles. The first-order valence-electron chi connectivity index (χ1n) is 10.4. The van der Waals surface area contributed by atoms with Gasteiger partial charge in [0.2, 0.25) is 5.91 Å². The van der Waals surface area contributed by atoms with Crippen molar-refractivity contribution in [3.05, 3.63) is 59.7 Å². The van der Waals surface area contributed by atoms with Gasteiger partial charge in [0, 0.05) is 30.3 Å². The molecule has 0 bridgehead atoms. The zero-order chi connectivity index (χ0) is 18.5. The second-order valence-corrected chi connectivity index (χ2v) is 8.66. The molecule has 1 heterocycles. The van der Waals surface area contributed by atoms with Gasteiger partial charge in [-0.05, 0) is 66.8 Å². The van der Waals surface area contributed by atoms with E-state index < -0.39 is 0 Å². The third-order valence-corrected chi connectivity index (χ3v) is 6.60. The minimum atomic E-state index is 0.167. The lowest BCUT2D eigenvalue weighted by molar-refractivity contribution is -0.117. The van der Waals surface area contributed by atoms with Gasteiger partial charge in [0.15, 0.2) is 0 Å². The molecule has 3 atom stereocenters. The van der Waals surface area contributed by atoms with Crippen LogP contribution in [0.5, 0.6) is 0 Å². The van der Waals surface area contributed by atoms with Crippen LogP contribution in [-0.4, -0.2) is 11.9 Å². The normalized spacial score (nSPS) is 27.2. The van der Waals surface area contributed by atoms with E-state index in [0.717, 1.165) is 11.6 Å². The molecule has 0 radical (unpaired) electrons. The number of anilines is 2. The van der Waals surface area contributed by atoms with Crippen molar-refractivity contribution in [3.8, 4) is 0 Å². The Balaban J connectivity index is 1.53. The van der Waals surface area contributed by atoms with Crippen molar-refractivity contribution in [2.45, 2.75) is 57.5 Å². The summed E-state index contributed by atoms with van der Waals surface area (Å²) in [5, 5.41) is 3.84. The van der Waals surface area contributed by atoms with Crippen LogP contribution in [0.1, 0.15) is 62.6 Å². The van der Waals surface area contributed by atoms with Crippen LogP contribution in [0.25, 0.3) is 0 Å². The van der Waals surface area contributed by atoms with Gasteiger partial charge in [0.1, 0.15) is 0 Å². The van der Waals surface area contributed by atoms with E-state index in [1.807, 2.05) is 0 Å². The number of hydrogen-bond acceptors (Lipinski definition) is 2. The van der Waals surface area contributed by atoms with Crippen molar-refractivity contribution in [1.82, 2.24) is 0 Å². The van der Waals surface area contributed by atoms with Crippen molar-refractivity contribution >= 4 is 17.3 Å². The van der Waals surface area contributed by atoms with E-state index in [4.69, 9.17) is 0 Å². The molecular formula is C24H28N2O. The molecule has 140 valence electrons. The highest BCUT2D eigenvalue weighted by molar-refractivity contribution is 5.94. The molecule has 1 N–H and O–H groups in total. The molecular weight excluding hydrogens is 332 g/mol. The van der Waals surface area contributed by atoms with Gasteiger partial charge in [-0.25, -0.2) is 0 Å². The van der Waals surface area contributed by atoms with Gasteiger partial charge < -0.3 is 10.2 Å². The summed E-state index contributed by atoms with van der Waals surface area (Å²) in [7, 11) is 0. The van der Waals surface area contributed by atoms with Crippen LogP contribution in [0.2, 0.25) is 0 Å². The molecule has 27 heavy (non-hydrogen) atoms. The van der Waals surface area contributed by atoms with Crippen LogP contribution >= 0.6 is 0 Å². The van der Waals surface area contributed by atoms with Gasteiger partial charge >= 0.3 is 0 Å². The lowest BCUT2D eigenvalue weighted by atomic mass is 9.80. The standard InChI is InChI=1S/C24H28N2O/c1-15-23(25-20-7-5-6-19(14-20)17-10-11-17)21-8-3-4-9-22(21)26(16(2)27)24(15)18-12-13-18/h3-9,14-15,17-18,23-25H,10-13H2,1-2H3. The molecule has 3 unspecified atom stereocenters. The Morgan fingerprint density at radius 2 is 1.81 bits per heavy atom. The first-order chi connectivity index (χ1) is 13.1. The molecule has 2 aromatic carbocycles. The number of amides is 1. The number of carbonyl (C=O) groups is 1. The van der Waals surface area contributed by atoms with Crippen molar-refractivity contribution < 1.29 is 4.79 Å². The van der Waals surface area contributed by atoms with Gasteiger partial charge in [0.25, 0.3) is 0 Å². The largest absolute Gasteiger partial charge is 0.378 e. The van der Waals surface area contributed by atoms with Crippen LogP contribution in [0.15, 0.2) is 48.5 Å². The van der Waals surface area contributed by atoms with Crippen LogP contribution < -0.4 is 10.2 Å². The number of rotatable bonds is 4. The summed E-state index contributed by atoms with van der Waals surface area (Å²) >= 11 is 0. The minimum absolute atomic E-state index is 0.167. The summed E-state index contributed by atoms with van der Waals surface area (Å²) in [5.41, 5.74) is 5.00. The zero-order valence-corrected chi connectivity index (χ0v) is 16.2. The average Bonchev–Trinajstić information content (AvgIpc) is 3.56. The molecule has 3 heteroatoms. The maximum atomic E-state index is 12.5. The summed E-state index contributed by atoms with van der Waals surface area (Å²) in [6, 6.07) is 17.9. The molecule has 5 rings (SSSR count). The van der Waals surface area contributed by atoms with Gasteiger partial charge in [-0.3, -0.25) is 4.79 Å². The van der Waals surface area contributed by atoms with E-state index in [2.05, 4.69) is 65.7 Å². The zero-order valence-electron chi connectivity index (χ0n) is 16.2. The SMILES string of the molecule is CC(=O)N1c2ccccc2C(Nc2cccc(C3CC3)c2)C(C)C1C1CC1. The Morgan fingerprint density at radius 3 is 2.52 bits per heavy atom. The van der Waals surface area contributed by atoms with Crippen molar-refractivity contribution in [1.29, 1.82) is 0 Å². The number of nitrogens with one attached hydrogen (secondary N) is 1. The number of nitrogens with zero attached hydrogens (tertiary/aromatic N) is 1. The highest BCUT2D eigenvalue weighted by Crippen LogP contribution is 2.50. The Labute approximate surface area is 161 Å². The number of benzene rings is 2. The molecule has 0 aromatic heterocycles. The summed E-state index contributed by atoms with van der Waals surface area (Å²) in [6.45, 7) is 4.03. The fraction of sp³-hybridized carbons (Fsp3) is 0.458. The van der Waals surface area contributed by atoms with Crippen molar-refractivity contribution in [2.24, 2.45) is 11.8 Å². The lowest BCUT2D eigenvalue weighted by Crippen LogP contribution is -2.51. The summed E-state index contributed by atoms with van der Waals surface area (Å²) in [6.07, 6.45) is 5.13. The number of hydrogen-bond donors (Lipinski definition) is 1. The van der Waals surface area contributed by atoms with Gasteiger partial charge in [-0.15, -0.1) is 0 Å². The first-order valence-corrected chi connectivity index (χ1v) is 10.4. The summed E-state index contributed by atoms with van der Waals surface area (Å²) in [4.78, 5) is 14.6. The van der Waals surface area contributed by atoms with Crippen LogP contribution in [0.4, 0.5) is 11.4 Å². The van der Waals surface area contributed by atoms with Crippen molar-refractivity contribution in [2.75, 3.05) is 10.2 Å².